The highest BCUT2D eigenvalue weighted by molar-refractivity contribution is 14.0. The second kappa shape index (κ2) is 12.4. The van der Waals surface area contributed by atoms with E-state index in [-0.39, 0.29) is 53.5 Å². The van der Waals surface area contributed by atoms with Gasteiger partial charge in [-0.3, -0.25) is 10.1 Å². The number of nitrogens with one attached hydrogen (secondary N) is 3. The van der Waals surface area contributed by atoms with Crippen LogP contribution >= 0.6 is 24.0 Å². The lowest BCUT2D eigenvalue weighted by molar-refractivity contribution is -0.385. The predicted molar refractivity (Wildman–Crippen MR) is 123 cm³/mol. The summed E-state index contributed by atoms with van der Waals surface area (Å²) in [5, 5.41) is 16.8. The van der Waals surface area contributed by atoms with Gasteiger partial charge in [-0.15, -0.1) is 24.0 Å². The zero-order valence-electron chi connectivity index (χ0n) is 16.2. The van der Waals surface area contributed by atoms with Crippen LogP contribution in [0.3, 0.4) is 0 Å². The number of guanidine groups is 1. The van der Waals surface area contributed by atoms with Crippen molar-refractivity contribution < 1.29 is 17.7 Å². The maximum absolute atomic E-state index is 12.9. The summed E-state index contributed by atoms with van der Waals surface area (Å²) in [6.07, 6.45) is 0. The molecule has 0 amide bonds. The Morgan fingerprint density at radius 2 is 1.83 bits per heavy atom. The summed E-state index contributed by atoms with van der Waals surface area (Å²) in [5.74, 6) is 0.158. The van der Waals surface area contributed by atoms with Crippen molar-refractivity contribution >= 4 is 45.6 Å². The van der Waals surface area contributed by atoms with E-state index in [9.17, 15) is 22.9 Å². The molecule has 0 aliphatic rings. The number of hydrogen-bond acceptors (Lipinski definition) is 5. The fourth-order valence-electron chi connectivity index (χ4n) is 2.32. The molecule has 12 heteroatoms. The fraction of sp³-hybridized carbons (Fsp3) is 0.278. The number of rotatable bonds is 9. The number of nitro groups is 1. The maximum atomic E-state index is 12.9. The first-order valence-corrected chi connectivity index (χ1v) is 10.3. The normalized spacial score (nSPS) is 11.5. The number of aliphatic imine (C=N–C) groups is 1. The lowest BCUT2D eigenvalue weighted by Gasteiger charge is -2.12. The Bertz CT molecular complexity index is 971. The molecule has 0 spiro atoms. The molecule has 0 atom stereocenters. The van der Waals surface area contributed by atoms with Crippen molar-refractivity contribution in [3.63, 3.8) is 0 Å². The van der Waals surface area contributed by atoms with Crippen LogP contribution in [0.5, 0.6) is 0 Å². The molecule has 0 bridgehead atoms. The van der Waals surface area contributed by atoms with E-state index in [1.807, 2.05) is 6.92 Å². The van der Waals surface area contributed by atoms with Crippen molar-refractivity contribution in [2.75, 3.05) is 19.6 Å². The Hall–Kier alpha value is -2.32. The Balaban J connectivity index is 0.00000450. The molecule has 0 fully saturated rings. The molecule has 0 saturated heterocycles. The molecule has 0 heterocycles. The van der Waals surface area contributed by atoms with Crippen LogP contribution < -0.4 is 15.4 Å². The second-order valence-corrected chi connectivity index (χ2v) is 7.67. The van der Waals surface area contributed by atoms with Gasteiger partial charge in [0, 0.05) is 31.8 Å². The van der Waals surface area contributed by atoms with Crippen LogP contribution in [0.2, 0.25) is 0 Å². The Kier molecular flexibility index (Phi) is 10.6. The highest BCUT2D eigenvalue weighted by atomic mass is 127. The molecule has 0 radical (unpaired) electrons. The molecule has 30 heavy (non-hydrogen) atoms. The first-order chi connectivity index (χ1) is 13.8. The third kappa shape index (κ3) is 8.20. The van der Waals surface area contributed by atoms with Crippen LogP contribution in [0.15, 0.2) is 58.4 Å². The number of non-ortho nitro benzene ring substituents is 1. The van der Waals surface area contributed by atoms with E-state index in [4.69, 9.17) is 0 Å². The van der Waals surface area contributed by atoms with E-state index in [2.05, 4.69) is 20.3 Å². The van der Waals surface area contributed by atoms with Gasteiger partial charge < -0.3 is 10.6 Å². The zero-order chi connectivity index (χ0) is 21.3. The van der Waals surface area contributed by atoms with Crippen molar-refractivity contribution in [2.24, 2.45) is 4.99 Å². The summed E-state index contributed by atoms with van der Waals surface area (Å²) >= 11 is 0. The van der Waals surface area contributed by atoms with Gasteiger partial charge in [-0.1, -0.05) is 18.2 Å². The lowest BCUT2D eigenvalue weighted by Crippen LogP contribution is -2.41. The standard InChI is InChI=1S/C18H22FN5O4S.HI/c1-2-20-18(22-13-14-6-8-15(19)9-7-14)21-10-11-23-29(27,28)17-5-3-4-16(12-17)24(25)26;/h3-9,12,23H,2,10-11,13H2,1H3,(H2,20,21,22);1H. The molecule has 164 valence electrons. The SMILES string of the molecule is CCNC(=NCc1ccc(F)cc1)NCCNS(=O)(=O)c1cccc([N+](=O)[O-])c1.I. The van der Waals surface area contributed by atoms with Gasteiger partial charge in [0.05, 0.1) is 16.4 Å². The van der Waals surface area contributed by atoms with Gasteiger partial charge in [0.25, 0.3) is 5.69 Å². The minimum Gasteiger partial charge on any atom is -0.357 e. The van der Waals surface area contributed by atoms with Crippen LogP contribution in [-0.4, -0.2) is 38.9 Å². The van der Waals surface area contributed by atoms with Gasteiger partial charge in [-0.05, 0) is 30.7 Å². The number of nitro benzene ring substituents is 1. The van der Waals surface area contributed by atoms with Crippen LogP contribution in [0, 0.1) is 15.9 Å². The lowest BCUT2D eigenvalue weighted by atomic mass is 10.2. The maximum Gasteiger partial charge on any atom is 0.270 e. The number of benzene rings is 2. The third-order valence-electron chi connectivity index (χ3n) is 3.73. The highest BCUT2D eigenvalue weighted by Gasteiger charge is 2.17. The summed E-state index contributed by atoms with van der Waals surface area (Å²) in [7, 11) is -3.88. The molecule has 2 aromatic carbocycles. The molecule has 0 aliphatic carbocycles. The first-order valence-electron chi connectivity index (χ1n) is 8.82. The van der Waals surface area contributed by atoms with Gasteiger partial charge in [0.1, 0.15) is 5.82 Å². The van der Waals surface area contributed by atoms with E-state index in [0.29, 0.717) is 19.0 Å². The van der Waals surface area contributed by atoms with Crippen molar-refractivity contribution in [3.8, 4) is 0 Å². The van der Waals surface area contributed by atoms with Crippen molar-refractivity contribution in [2.45, 2.75) is 18.4 Å². The van der Waals surface area contributed by atoms with Crippen molar-refractivity contribution in [3.05, 3.63) is 70.0 Å². The van der Waals surface area contributed by atoms with Crippen LogP contribution in [0.4, 0.5) is 10.1 Å². The van der Waals surface area contributed by atoms with E-state index in [1.54, 1.807) is 12.1 Å². The van der Waals surface area contributed by atoms with Crippen molar-refractivity contribution in [1.29, 1.82) is 0 Å². The monoisotopic (exact) mass is 551 g/mol. The Morgan fingerprint density at radius 1 is 1.13 bits per heavy atom. The largest absolute Gasteiger partial charge is 0.357 e. The minimum atomic E-state index is -3.88. The van der Waals surface area contributed by atoms with E-state index in [0.717, 1.165) is 11.6 Å². The number of halogens is 2. The summed E-state index contributed by atoms with van der Waals surface area (Å²) in [6.45, 7) is 3.11. The van der Waals surface area contributed by atoms with E-state index in [1.165, 1.54) is 30.3 Å². The molecule has 0 aromatic heterocycles. The fourth-order valence-corrected chi connectivity index (χ4v) is 3.39. The smallest absolute Gasteiger partial charge is 0.270 e. The average Bonchev–Trinajstić information content (AvgIpc) is 2.70. The molecule has 0 saturated carbocycles. The Morgan fingerprint density at radius 3 is 2.47 bits per heavy atom. The van der Waals surface area contributed by atoms with Crippen LogP contribution in [0.1, 0.15) is 12.5 Å². The topological polar surface area (TPSA) is 126 Å². The number of sulfonamides is 1. The molecular weight excluding hydrogens is 528 g/mol. The van der Waals surface area contributed by atoms with E-state index < -0.39 is 14.9 Å². The molecule has 2 aromatic rings. The van der Waals surface area contributed by atoms with Gasteiger partial charge in [0.2, 0.25) is 10.0 Å². The van der Waals surface area contributed by atoms with Gasteiger partial charge in [-0.25, -0.2) is 22.5 Å². The molecular formula is C18H23FIN5O4S. The molecule has 0 unspecified atom stereocenters. The summed E-state index contributed by atoms with van der Waals surface area (Å²) < 4.78 is 39.9. The second-order valence-electron chi connectivity index (χ2n) is 5.90. The number of hydrogen-bond donors (Lipinski definition) is 3. The summed E-state index contributed by atoms with van der Waals surface area (Å²) in [5.41, 5.74) is 0.531. The Labute approximate surface area is 191 Å². The van der Waals surface area contributed by atoms with E-state index >= 15 is 0 Å². The van der Waals surface area contributed by atoms with Gasteiger partial charge >= 0.3 is 0 Å². The first kappa shape index (κ1) is 25.7. The van der Waals surface area contributed by atoms with Gasteiger partial charge in [0.15, 0.2) is 5.96 Å². The number of nitrogens with zero attached hydrogens (tertiary/aromatic N) is 2. The average molecular weight is 551 g/mol. The third-order valence-corrected chi connectivity index (χ3v) is 5.18. The quantitative estimate of drug-likeness (QED) is 0.110. The van der Waals surface area contributed by atoms with Gasteiger partial charge in [-0.2, -0.15) is 0 Å². The molecule has 9 nitrogen and oxygen atoms in total. The highest BCUT2D eigenvalue weighted by Crippen LogP contribution is 2.16. The summed E-state index contributed by atoms with van der Waals surface area (Å²) in [6, 6.07) is 10.8. The summed E-state index contributed by atoms with van der Waals surface area (Å²) in [4.78, 5) is 14.3. The molecule has 0 aliphatic heterocycles. The van der Waals surface area contributed by atoms with Crippen LogP contribution in [0.25, 0.3) is 0 Å². The van der Waals surface area contributed by atoms with Crippen molar-refractivity contribution in [1.82, 2.24) is 15.4 Å². The molecule has 3 N–H and O–H groups in total. The molecule has 2 rings (SSSR count). The zero-order valence-corrected chi connectivity index (χ0v) is 19.3. The predicted octanol–water partition coefficient (Wildman–Crippen LogP) is 2.39. The van der Waals surface area contributed by atoms with Crippen LogP contribution in [-0.2, 0) is 16.6 Å². The minimum absolute atomic E-state index is 0.